The SMILES string of the molecule is CC(C)n1c(CCCc2cccs2)n[nH]c1=S. The van der Waals surface area contributed by atoms with Gasteiger partial charge in [0.15, 0.2) is 4.77 Å². The standard InChI is InChI=1S/C12H17N3S2/c1-9(2)15-11(13-14-12(15)16)7-3-5-10-6-4-8-17-10/h4,6,8-9H,3,5,7H2,1-2H3,(H,14,16). The van der Waals surface area contributed by atoms with Gasteiger partial charge in [-0.2, -0.15) is 5.10 Å². The lowest BCUT2D eigenvalue weighted by Gasteiger charge is -2.09. The van der Waals surface area contributed by atoms with Gasteiger partial charge in [-0.15, -0.1) is 11.3 Å². The quantitative estimate of drug-likeness (QED) is 0.837. The Morgan fingerprint density at radius 3 is 2.94 bits per heavy atom. The van der Waals surface area contributed by atoms with Crippen LogP contribution in [-0.2, 0) is 12.8 Å². The molecule has 1 N–H and O–H groups in total. The lowest BCUT2D eigenvalue weighted by atomic mass is 10.2. The van der Waals surface area contributed by atoms with Crippen molar-refractivity contribution >= 4 is 23.6 Å². The van der Waals surface area contributed by atoms with E-state index in [0.29, 0.717) is 6.04 Å². The van der Waals surface area contributed by atoms with Crippen LogP contribution in [0.15, 0.2) is 17.5 Å². The molecule has 0 radical (unpaired) electrons. The Morgan fingerprint density at radius 1 is 1.47 bits per heavy atom. The molecule has 3 nitrogen and oxygen atoms in total. The van der Waals surface area contributed by atoms with E-state index in [2.05, 4.69) is 46.1 Å². The fourth-order valence-electron chi connectivity index (χ4n) is 1.92. The number of H-pyrrole nitrogens is 1. The number of aryl methyl sites for hydroxylation is 2. The fourth-order valence-corrected chi connectivity index (χ4v) is 3.03. The van der Waals surface area contributed by atoms with Crippen LogP contribution in [0.5, 0.6) is 0 Å². The number of hydrogen-bond donors (Lipinski definition) is 1. The van der Waals surface area contributed by atoms with Gasteiger partial charge in [-0.1, -0.05) is 6.07 Å². The van der Waals surface area contributed by atoms with Gasteiger partial charge in [-0.3, -0.25) is 5.10 Å². The molecule has 0 aliphatic carbocycles. The highest BCUT2D eigenvalue weighted by molar-refractivity contribution is 7.71. The summed E-state index contributed by atoms with van der Waals surface area (Å²) in [7, 11) is 0. The summed E-state index contributed by atoms with van der Waals surface area (Å²) < 4.78 is 2.83. The van der Waals surface area contributed by atoms with E-state index >= 15 is 0 Å². The zero-order valence-electron chi connectivity index (χ0n) is 10.1. The van der Waals surface area contributed by atoms with E-state index in [4.69, 9.17) is 12.2 Å². The molecule has 2 aromatic heterocycles. The monoisotopic (exact) mass is 267 g/mol. The van der Waals surface area contributed by atoms with Crippen molar-refractivity contribution in [3.63, 3.8) is 0 Å². The summed E-state index contributed by atoms with van der Waals surface area (Å²) in [5.74, 6) is 1.07. The summed E-state index contributed by atoms with van der Waals surface area (Å²) >= 11 is 7.04. The number of rotatable bonds is 5. The molecular formula is C12H17N3S2. The van der Waals surface area contributed by atoms with Crippen LogP contribution in [0.4, 0.5) is 0 Å². The maximum absolute atomic E-state index is 5.23. The van der Waals surface area contributed by atoms with Gasteiger partial charge in [0.1, 0.15) is 5.82 Å². The van der Waals surface area contributed by atoms with Crippen LogP contribution in [0.3, 0.4) is 0 Å². The molecule has 2 rings (SSSR count). The maximum atomic E-state index is 5.23. The molecule has 2 heterocycles. The smallest absolute Gasteiger partial charge is 0.195 e. The van der Waals surface area contributed by atoms with Gasteiger partial charge in [0.2, 0.25) is 0 Å². The van der Waals surface area contributed by atoms with E-state index in [1.54, 1.807) is 0 Å². The fraction of sp³-hybridized carbons (Fsp3) is 0.500. The number of nitrogens with one attached hydrogen (secondary N) is 1. The second-order valence-electron chi connectivity index (χ2n) is 4.34. The summed E-state index contributed by atoms with van der Waals surface area (Å²) in [6.45, 7) is 4.27. The zero-order chi connectivity index (χ0) is 12.3. The first-order valence-electron chi connectivity index (χ1n) is 5.86. The lowest BCUT2D eigenvalue weighted by molar-refractivity contribution is 0.554. The first kappa shape index (κ1) is 12.5. The van der Waals surface area contributed by atoms with E-state index in [0.717, 1.165) is 29.9 Å². The highest BCUT2D eigenvalue weighted by Crippen LogP contribution is 2.14. The average molecular weight is 267 g/mol. The van der Waals surface area contributed by atoms with E-state index in [9.17, 15) is 0 Å². The summed E-state index contributed by atoms with van der Waals surface area (Å²) in [5.41, 5.74) is 0. The molecule has 0 bridgehead atoms. The summed E-state index contributed by atoms with van der Waals surface area (Å²) in [4.78, 5) is 1.44. The molecule has 0 spiro atoms. The molecule has 0 aliphatic rings. The Balaban J connectivity index is 1.97. The van der Waals surface area contributed by atoms with Crippen molar-refractivity contribution in [3.8, 4) is 0 Å². The van der Waals surface area contributed by atoms with Gasteiger partial charge in [0, 0.05) is 17.3 Å². The second-order valence-corrected chi connectivity index (χ2v) is 5.76. The number of aromatic nitrogens is 3. The van der Waals surface area contributed by atoms with Crippen LogP contribution >= 0.6 is 23.6 Å². The first-order chi connectivity index (χ1) is 8.18. The predicted molar refractivity (Wildman–Crippen MR) is 74.1 cm³/mol. The number of hydrogen-bond acceptors (Lipinski definition) is 3. The molecule has 0 aliphatic heterocycles. The highest BCUT2D eigenvalue weighted by Gasteiger charge is 2.08. The molecule has 0 fully saturated rings. The Kier molecular flexibility index (Phi) is 4.12. The molecule has 5 heteroatoms. The largest absolute Gasteiger partial charge is 0.302 e. The van der Waals surface area contributed by atoms with Gasteiger partial charge in [0.25, 0.3) is 0 Å². The molecule has 17 heavy (non-hydrogen) atoms. The lowest BCUT2D eigenvalue weighted by Crippen LogP contribution is -2.07. The zero-order valence-corrected chi connectivity index (χ0v) is 11.8. The first-order valence-corrected chi connectivity index (χ1v) is 7.15. The van der Waals surface area contributed by atoms with Crippen molar-refractivity contribution < 1.29 is 0 Å². The third-order valence-electron chi connectivity index (χ3n) is 2.70. The number of nitrogens with zero attached hydrogens (tertiary/aromatic N) is 2. The van der Waals surface area contributed by atoms with Crippen LogP contribution in [0.1, 0.15) is 37.0 Å². The summed E-state index contributed by atoms with van der Waals surface area (Å²) in [6, 6.07) is 4.66. The number of aromatic amines is 1. The summed E-state index contributed by atoms with van der Waals surface area (Å²) in [6.07, 6.45) is 3.21. The van der Waals surface area contributed by atoms with Gasteiger partial charge in [-0.05, 0) is 50.4 Å². The van der Waals surface area contributed by atoms with Crippen LogP contribution < -0.4 is 0 Å². The van der Waals surface area contributed by atoms with Crippen molar-refractivity contribution in [1.82, 2.24) is 14.8 Å². The van der Waals surface area contributed by atoms with E-state index in [-0.39, 0.29) is 0 Å². The minimum Gasteiger partial charge on any atom is -0.302 e. The highest BCUT2D eigenvalue weighted by atomic mass is 32.1. The molecule has 0 saturated heterocycles. The van der Waals surface area contributed by atoms with Crippen molar-refractivity contribution in [2.45, 2.75) is 39.2 Å². The van der Waals surface area contributed by atoms with E-state index < -0.39 is 0 Å². The molecular weight excluding hydrogens is 250 g/mol. The molecule has 0 atom stereocenters. The third kappa shape index (κ3) is 3.04. The van der Waals surface area contributed by atoms with Crippen LogP contribution in [0.2, 0.25) is 0 Å². The maximum Gasteiger partial charge on any atom is 0.195 e. The van der Waals surface area contributed by atoms with Crippen molar-refractivity contribution in [3.05, 3.63) is 33.0 Å². The minimum atomic E-state index is 0.373. The molecule has 0 aromatic carbocycles. The third-order valence-corrected chi connectivity index (χ3v) is 3.92. The minimum absolute atomic E-state index is 0.373. The Bertz CT molecular complexity index is 508. The predicted octanol–water partition coefficient (Wildman–Crippen LogP) is 3.76. The van der Waals surface area contributed by atoms with E-state index in [1.165, 1.54) is 4.88 Å². The van der Waals surface area contributed by atoms with Gasteiger partial charge in [0.05, 0.1) is 0 Å². The van der Waals surface area contributed by atoms with Crippen LogP contribution in [0, 0.1) is 4.77 Å². The topological polar surface area (TPSA) is 33.6 Å². The summed E-state index contributed by atoms with van der Waals surface area (Å²) in [5, 5.41) is 9.31. The Morgan fingerprint density at radius 2 is 2.29 bits per heavy atom. The van der Waals surface area contributed by atoms with Crippen molar-refractivity contribution in [2.75, 3.05) is 0 Å². The molecule has 2 aromatic rings. The molecule has 92 valence electrons. The molecule has 0 unspecified atom stereocenters. The molecule has 0 saturated carbocycles. The normalized spacial score (nSPS) is 11.2. The van der Waals surface area contributed by atoms with Gasteiger partial charge in [-0.25, -0.2) is 0 Å². The van der Waals surface area contributed by atoms with Crippen molar-refractivity contribution in [2.24, 2.45) is 0 Å². The van der Waals surface area contributed by atoms with Gasteiger partial charge >= 0.3 is 0 Å². The van der Waals surface area contributed by atoms with E-state index in [1.807, 2.05) is 11.3 Å². The Labute approximate surface area is 111 Å². The average Bonchev–Trinajstić information content (AvgIpc) is 2.88. The number of thiophene rings is 1. The second kappa shape index (κ2) is 5.60. The van der Waals surface area contributed by atoms with Crippen LogP contribution in [-0.4, -0.2) is 14.8 Å². The Hall–Kier alpha value is -0.940. The van der Waals surface area contributed by atoms with Gasteiger partial charge < -0.3 is 4.57 Å². The van der Waals surface area contributed by atoms with Crippen molar-refractivity contribution in [1.29, 1.82) is 0 Å². The molecule has 0 amide bonds. The van der Waals surface area contributed by atoms with Crippen LogP contribution in [0.25, 0.3) is 0 Å².